The van der Waals surface area contributed by atoms with Crippen molar-refractivity contribution in [2.75, 3.05) is 11.5 Å². The molecular formula is C15H15N3O2. The minimum Gasteiger partial charge on any atom is -0.399 e. The fourth-order valence-corrected chi connectivity index (χ4v) is 1.91. The second-order valence-electron chi connectivity index (χ2n) is 4.55. The number of nitrogens with two attached hydrogens (primary N) is 3. The Morgan fingerprint density at radius 3 is 1.90 bits per heavy atom. The van der Waals surface area contributed by atoms with Crippen molar-refractivity contribution < 1.29 is 9.59 Å². The van der Waals surface area contributed by atoms with Crippen LogP contribution in [-0.4, -0.2) is 11.7 Å². The van der Waals surface area contributed by atoms with Crippen molar-refractivity contribution in [3.63, 3.8) is 0 Å². The molecule has 2 aromatic carbocycles. The zero-order valence-corrected chi connectivity index (χ0v) is 10.8. The van der Waals surface area contributed by atoms with E-state index in [1.54, 1.807) is 42.5 Å². The number of primary amides is 1. The molecule has 0 aromatic heterocycles. The SMILES string of the molecule is NC(=O)c1ccc(CC(=O)c2cc(N)cc(N)c2)cc1. The maximum Gasteiger partial charge on any atom is 0.248 e. The number of Topliss-reactive ketones (excluding diaryl/α,β-unsaturated/α-hetero) is 1. The molecular weight excluding hydrogens is 254 g/mol. The Morgan fingerprint density at radius 1 is 0.850 bits per heavy atom. The molecule has 0 aliphatic heterocycles. The predicted octanol–water partition coefficient (Wildman–Crippen LogP) is 1.38. The van der Waals surface area contributed by atoms with Crippen molar-refractivity contribution in [2.45, 2.75) is 6.42 Å². The Kier molecular flexibility index (Phi) is 3.70. The van der Waals surface area contributed by atoms with E-state index in [4.69, 9.17) is 17.2 Å². The van der Waals surface area contributed by atoms with Crippen LogP contribution in [0.25, 0.3) is 0 Å². The monoisotopic (exact) mass is 269 g/mol. The molecule has 0 radical (unpaired) electrons. The normalized spacial score (nSPS) is 10.2. The molecule has 6 N–H and O–H groups in total. The van der Waals surface area contributed by atoms with Crippen LogP contribution >= 0.6 is 0 Å². The van der Waals surface area contributed by atoms with E-state index in [-0.39, 0.29) is 12.2 Å². The Bertz CT molecular complexity index is 643. The minimum absolute atomic E-state index is 0.0872. The summed E-state index contributed by atoms with van der Waals surface area (Å²) in [6.45, 7) is 0. The van der Waals surface area contributed by atoms with E-state index in [2.05, 4.69) is 0 Å². The third-order valence-electron chi connectivity index (χ3n) is 2.90. The first-order valence-electron chi connectivity index (χ1n) is 6.03. The van der Waals surface area contributed by atoms with Gasteiger partial charge in [-0.1, -0.05) is 12.1 Å². The number of nitrogen functional groups attached to an aromatic ring is 2. The first kappa shape index (κ1) is 13.6. The molecule has 0 saturated carbocycles. The zero-order valence-electron chi connectivity index (χ0n) is 10.8. The number of carbonyl (C=O) groups excluding carboxylic acids is 2. The molecule has 0 atom stereocenters. The van der Waals surface area contributed by atoms with Gasteiger partial charge >= 0.3 is 0 Å². The second kappa shape index (κ2) is 5.44. The number of amides is 1. The molecule has 0 unspecified atom stereocenters. The number of hydrogen-bond acceptors (Lipinski definition) is 4. The van der Waals surface area contributed by atoms with Gasteiger partial charge in [-0.25, -0.2) is 0 Å². The lowest BCUT2D eigenvalue weighted by molar-refractivity contribution is 0.0989. The van der Waals surface area contributed by atoms with E-state index in [1.165, 1.54) is 0 Å². The Balaban J connectivity index is 2.16. The molecule has 102 valence electrons. The van der Waals surface area contributed by atoms with Gasteiger partial charge in [0.25, 0.3) is 0 Å². The van der Waals surface area contributed by atoms with Crippen LogP contribution in [0.2, 0.25) is 0 Å². The van der Waals surface area contributed by atoms with E-state index in [0.29, 0.717) is 22.5 Å². The molecule has 5 heteroatoms. The van der Waals surface area contributed by atoms with Gasteiger partial charge in [0.1, 0.15) is 0 Å². The van der Waals surface area contributed by atoms with Crippen LogP contribution in [0.5, 0.6) is 0 Å². The Morgan fingerprint density at radius 2 is 1.40 bits per heavy atom. The first-order chi connectivity index (χ1) is 9.45. The van der Waals surface area contributed by atoms with Gasteiger partial charge in [-0.05, 0) is 35.9 Å². The summed E-state index contributed by atoms with van der Waals surface area (Å²) in [6, 6.07) is 11.4. The summed E-state index contributed by atoms with van der Waals surface area (Å²) in [4.78, 5) is 23.1. The number of hydrogen-bond donors (Lipinski definition) is 3. The Hall–Kier alpha value is -2.82. The number of carbonyl (C=O) groups is 2. The lowest BCUT2D eigenvalue weighted by Crippen LogP contribution is -2.11. The summed E-state index contributed by atoms with van der Waals surface area (Å²) in [5, 5.41) is 0. The molecule has 0 fully saturated rings. The average molecular weight is 269 g/mol. The third-order valence-corrected chi connectivity index (χ3v) is 2.90. The van der Waals surface area contributed by atoms with E-state index >= 15 is 0 Å². The van der Waals surface area contributed by atoms with E-state index < -0.39 is 5.91 Å². The third kappa shape index (κ3) is 3.14. The van der Waals surface area contributed by atoms with Crippen molar-refractivity contribution in [1.29, 1.82) is 0 Å². The van der Waals surface area contributed by atoms with E-state index in [9.17, 15) is 9.59 Å². The molecule has 2 rings (SSSR count). The summed E-state index contributed by atoms with van der Waals surface area (Å²) in [5.74, 6) is -0.581. The number of anilines is 2. The highest BCUT2D eigenvalue weighted by Crippen LogP contribution is 2.16. The second-order valence-corrected chi connectivity index (χ2v) is 4.55. The highest BCUT2D eigenvalue weighted by molar-refractivity contribution is 5.99. The minimum atomic E-state index is -0.494. The van der Waals surface area contributed by atoms with Gasteiger partial charge < -0.3 is 17.2 Å². The molecule has 0 aliphatic rings. The van der Waals surface area contributed by atoms with Crippen LogP contribution in [-0.2, 0) is 6.42 Å². The fourth-order valence-electron chi connectivity index (χ4n) is 1.91. The van der Waals surface area contributed by atoms with Gasteiger partial charge in [0, 0.05) is 28.9 Å². The van der Waals surface area contributed by atoms with Gasteiger partial charge in [-0.2, -0.15) is 0 Å². The van der Waals surface area contributed by atoms with Crippen LogP contribution in [0.15, 0.2) is 42.5 Å². The molecule has 0 saturated heterocycles. The Labute approximate surface area is 116 Å². The van der Waals surface area contributed by atoms with Crippen LogP contribution in [0.1, 0.15) is 26.3 Å². The largest absolute Gasteiger partial charge is 0.399 e. The van der Waals surface area contributed by atoms with Crippen molar-refractivity contribution in [2.24, 2.45) is 5.73 Å². The number of ketones is 1. The standard InChI is InChI=1S/C15H15N3O2/c16-12-6-11(7-13(17)8-12)14(19)5-9-1-3-10(4-2-9)15(18)20/h1-4,6-8H,5,16-17H2,(H2,18,20). The highest BCUT2D eigenvalue weighted by atomic mass is 16.1. The fraction of sp³-hybridized carbons (Fsp3) is 0.0667. The quantitative estimate of drug-likeness (QED) is 0.574. The summed E-state index contributed by atoms with van der Waals surface area (Å²) in [7, 11) is 0. The lowest BCUT2D eigenvalue weighted by atomic mass is 10.0. The predicted molar refractivity (Wildman–Crippen MR) is 78.3 cm³/mol. The topological polar surface area (TPSA) is 112 Å². The summed E-state index contributed by atoms with van der Waals surface area (Å²) in [6.07, 6.45) is 0.210. The molecule has 0 bridgehead atoms. The van der Waals surface area contributed by atoms with E-state index in [0.717, 1.165) is 5.56 Å². The van der Waals surface area contributed by atoms with Crippen LogP contribution in [0.3, 0.4) is 0 Å². The van der Waals surface area contributed by atoms with Crippen molar-refractivity contribution in [3.05, 3.63) is 59.2 Å². The van der Waals surface area contributed by atoms with Gasteiger partial charge in [-0.3, -0.25) is 9.59 Å². The summed E-state index contributed by atoms with van der Waals surface area (Å²) in [5.41, 5.74) is 19.1. The van der Waals surface area contributed by atoms with Gasteiger partial charge in [-0.15, -0.1) is 0 Å². The molecule has 5 nitrogen and oxygen atoms in total. The molecule has 0 aliphatic carbocycles. The van der Waals surface area contributed by atoms with Gasteiger partial charge in [0.2, 0.25) is 5.91 Å². The summed E-state index contributed by atoms with van der Waals surface area (Å²) < 4.78 is 0. The van der Waals surface area contributed by atoms with Gasteiger partial charge in [0.05, 0.1) is 0 Å². The summed E-state index contributed by atoms with van der Waals surface area (Å²) >= 11 is 0. The van der Waals surface area contributed by atoms with Crippen molar-refractivity contribution in [3.8, 4) is 0 Å². The van der Waals surface area contributed by atoms with Crippen LogP contribution in [0.4, 0.5) is 11.4 Å². The van der Waals surface area contributed by atoms with Crippen LogP contribution in [0, 0.1) is 0 Å². The lowest BCUT2D eigenvalue weighted by Gasteiger charge is -2.05. The maximum absolute atomic E-state index is 12.1. The number of benzene rings is 2. The molecule has 1 amide bonds. The molecule has 0 spiro atoms. The molecule has 2 aromatic rings. The molecule has 20 heavy (non-hydrogen) atoms. The number of rotatable bonds is 4. The first-order valence-corrected chi connectivity index (χ1v) is 6.03. The van der Waals surface area contributed by atoms with Gasteiger partial charge in [0.15, 0.2) is 5.78 Å². The van der Waals surface area contributed by atoms with Crippen LogP contribution < -0.4 is 17.2 Å². The van der Waals surface area contributed by atoms with E-state index in [1.807, 2.05) is 0 Å². The zero-order chi connectivity index (χ0) is 14.7. The van der Waals surface area contributed by atoms with Crippen molar-refractivity contribution >= 4 is 23.1 Å². The molecule has 0 heterocycles. The maximum atomic E-state index is 12.1. The van der Waals surface area contributed by atoms with Crippen molar-refractivity contribution in [1.82, 2.24) is 0 Å². The average Bonchev–Trinajstić information content (AvgIpc) is 2.38. The highest BCUT2D eigenvalue weighted by Gasteiger charge is 2.09. The smallest absolute Gasteiger partial charge is 0.248 e.